The van der Waals surface area contributed by atoms with Crippen molar-refractivity contribution in [1.82, 2.24) is 0 Å². The van der Waals surface area contributed by atoms with Crippen LogP contribution in [-0.2, 0) is 9.53 Å². The molecule has 0 radical (unpaired) electrons. The van der Waals surface area contributed by atoms with Crippen LogP contribution in [-0.4, -0.2) is 18.5 Å². The fourth-order valence-corrected chi connectivity index (χ4v) is 1.90. The van der Waals surface area contributed by atoms with Gasteiger partial charge < -0.3 is 10.1 Å². The van der Waals surface area contributed by atoms with Crippen molar-refractivity contribution in [3.63, 3.8) is 0 Å². The molecule has 23 heavy (non-hydrogen) atoms. The molecule has 2 aromatic carbocycles. The topological polar surface area (TPSA) is 55.4 Å². The first-order valence-electron chi connectivity index (χ1n) is 7.11. The molecule has 118 valence electrons. The van der Waals surface area contributed by atoms with Gasteiger partial charge in [-0.25, -0.2) is 9.18 Å². The second kappa shape index (κ2) is 7.89. The lowest BCUT2D eigenvalue weighted by atomic mass is 10.1. The van der Waals surface area contributed by atoms with Crippen LogP contribution >= 0.6 is 0 Å². The highest BCUT2D eigenvalue weighted by molar-refractivity contribution is 6.06. The summed E-state index contributed by atoms with van der Waals surface area (Å²) in [6, 6.07) is 12.4. The molecule has 0 aliphatic carbocycles. The van der Waals surface area contributed by atoms with Gasteiger partial charge in [-0.1, -0.05) is 24.3 Å². The Balaban J connectivity index is 2.08. The normalized spacial score (nSPS) is 10.5. The lowest BCUT2D eigenvalue weighted by Crippen LogP contribution is -2.13. The SMILES string of the molecule is CCOC(=O)c1ccccc1NC(=O)/C=C/c1ccc(F)cc1. The zero-order valence-electron chi connectivity index (χ0n) is 12.6. The third kappa shape index (κ3) is 4.78. The number of amides is 1. The predicted octanol–water partition coefficient (Wildman–Crippen LogP) is 3.65. The highest BCUT2D eigenvalue weighted by Crippen LogP contribution is 2.16. The summed E-state index contributed by atoms with van der Waals surface area (Å²) < 4.78 is 17.8. The van der Waals surface area contributed by atoms with Crippen LogP contribution in [0.15, 0.2) is 54.6 Å². The van der Waals surface area contributed by atoms with Crippen LogP contribution in [0, 0.1) is 5.82 Å². The Bertz CT molecular complexity index is 723. The molecule has 0 aliphatic heterocycles. The Morgan fingerprint density at radius 2 is 1.83 bits per heavy atom. The molecule has 1 amide bonds. The van der Waals surface area contributed by atoms with Crippen LogP contribution in [0.5, 0.6) is 0 Å². The molecule has 0 fully saturated rings. The average molecular weight is 313 g/mol. The fourth-order valence-electron chi connectivity index (χ4n) is 1.90. The number of ether oxygens (including phenoxy) is 1. The van der Waals surface area contributed by atoms with Gasteiger partial charge in [0.15, 0.2) is 0 Å². The van der Waals surface area contributed by atoms with Gasteiger partial charge in [0, 0.05) is 6.08 Å². The zero-order valence-corrected chi connectivity index (χ0v) is 12.6. The summed E-state index contributed by atoms with van der Waals surface area (Å²) in [6.07, 6.45) is 2.87. The number of esters is 1. The number of halogens is 1. The van der Waals surface area contributed by atoms with E-state index in [4.69, 9.17) is 4.74 Å². The Morgan fingerprint density at radius 3 is 2.52 bits per heavy atom. The van der Waals surface area contributed by atoms with Crippen LogP contribution < -0.4 is 5.32 Å². The van der Waals surface area contributed by atoms with E-state index in [1.807, 2.05) is 0 Å². The molecule has 0 spiro atoms. The summed E-state index contributed by atoms with van der Waals surface area (Å²) in [5, 5.41) is 2.63. The van der Waals surface area contributed by atoms with Gasteiger partial charge in [-0.3, -0.25) is 4.79 Å². The Labute approximate surface area is 133 Å². The van der Waals surface area contributed by atoms with Gasteiger partial charge in [-0.2, -0.15) is 0 Å². The summed E-state index contributed by atoms with van der Waals surface area (Å²) in [5.74, 6) is -1.23. The molecule has 0 unspecified atom stereocenters. The maximum absolute atomic E-state index is 12.8. The van der Waals surface area contributed by atoms with Crippen molar-refractivity contribution in [2.24, 2.45) is 0 Å². The summed E-state index contributed by atoms with van der Waals surface area (Å²) in [4.78, 5) is 23.8. The first-order valence-corrected chi connectivity index (χ1v) is 7.11. The lowest BCUT2D eigenvalue weighted by Gasteiger charge is -2.08. The van der Waals surface area contributed by atoms with Crippen LogP contribution in [0.4, 0.5) is 10.1 Å². The summed E-state index contributed by atoms with van der Waals surface area (Å²) in [7, 11) is 0. The van der Waals surface area contributed by atoms with Gasteiger partial charge in [0.2, 0.25) is 5.91 Å². The maximum Gasteiger partial charge on any atom is 0.340 e. The van der Waals surface area contributed by atoms with Gasteiger partial charge in [0.05, 0.1) is 17.9 Å². The minimum Gasteiger partial charge on any atom is -0.462 e. The molecule has 2 rings (SSSR count). The Kier molecular flexibility index (Phi) is 5.63. The number of carbonyl (C=O) groups excluding carboxylic acids is 2. The molecular weight excluding hydrogens is 297 g/mol. The molecule has 0 bridgehead atoms. The van der Waals surface area contributed by atoms with Crippen LogP contribution in [0.1, 0.15) is 22.8 Å². The number of para-hydroxylation sites is 1. The second-order valence-electron chi connectivity index (χ2n) is 4.64. The predicted molar refractivity (Wildman–Crippen MR) is 86.5 cm³/mol. The number of carbonyl (C=O) groups is 2. The lowest BCUT2D eigenvalue weighted by molar-refractivity contribution is -0.111. The first kappa shape index (κ1) is 16.4. The van der Waals surface area contributed by atoms with Crippen molar-refractivity contribution in [3.05, 3.63) is 71.6 Å². The quantitative estimate of drug-likeness (QED) is 0.677. The molecule has 0 atom stereocenters. The van der Waals surface area contributed by atoms with Gasteiger partial charge in [0.1, 0.15) is 5.82 Å². The smallest absolute Gasteiger partial charge is 0.340 e. The monoisotopic (exact) mass is 313 g/mol. The van der Waals surface area contributed by atoms with Crippen molar-refractivity contribution >= 4 is 23.6 Å². The van der Waals surface area contributed by atoms with Crippen LogP contribution in [0.2, 0.25) is 0 Å². The molecule has 4 nitrogen and oxygen atoms in total. The van der Waals surface area contributed by atoms with Gasteiger partial charge in [-0.15, -0.1) is 0 Å². The van der Waals surface area contributed by atoms with Crippen molar-refractivity contribution in [3.8, 4) is 0 Å². The van der Waals surface area contributed by atoms with E-state index in [1.54, 1.807) is 49.4 Å². The van der Waals surface area contributed by atoms with E-state index in [9.17, 15) is 14.0 Å². The van der Waals surface area contributed by atoms with E-state index in [-0.39, 0.29) is 18.0 Å². The number of anilines is 1. The minimum atomic E-state index is -0.495. The largest absolute Gasteiger partial charge is 0.462 e. The summed E-state index contributed by atoms with van der Waals surface area (Å²) in [5.41, 5.74) is 1.36. The third-order valence-electron chi connectivity index (χ3n) is 2.98. The molecule has 0 aliphatic rings. The third-order valence-corrected chi connectivity index (χ3v) is 2.98. The Hall–Kier alpha value is -2.95. The standard InChI is InChI=1S/C18H16FNO3/c1-2-23-18(22)15-5-3-4-6-16(15)20-17(21)12-9-13-7-10-14(19)11-8-13/h3-12H,2H2,1H3,(H,20,21)/b12-9+. The van der Waals surface area contributed by atoms with Crippen LogP contribution in [0.3, 0.4) is 0 Å². The van der Waals surface area contributed by atoms with Gasteiger partial charge in [0.25, 0.3) is 0 Å². The van der Waals surface area contributed by atoms with E-state index in [0.717, 1.165) is 0 Å². The van der Waals surface area contributed by atoms with Crippen molar-refractivity contribution in [2.45, 2.75) is 6.92 Å². The number of rotatable bonds is 5. The molecule has 1 N–H and O–H groups in total. The molecule has 0 heterocycles. The highest BCUT2D eigenvalue weighted by atomic mass is 19.1. The molecular formula is C18H16FNO3. The van der Waals surface area contributed by atoms with Crippen molar-refractivity contribution in [1.29, 1.82) is 0 Å². The zero-order chi connectivity index (χ0) is 16.7. The molecule has 0 aromatic heterocycles. The average Bonchev–Trinajstić information content (AvgIpc) is 2.55. The summed E-state index contributed by atoms with van der Waals surface area (Å²) >= 11 is 0. The fraction of sp³-hybridized carbons (Fsp3) is 0.111. The van der Waals surface area contributed by atoms with E-state index >= 15 is 0 Å². The van der Waals surface area contributed by atoms with Gasteiger partial charge in [-0.05, 0) is 42.8 Å². The van der Waals surface area contributed by atoms with E-state index in [1.165, 1.54) is 18.2 Å². The van der Waals surface area contributed by atoms with Crippen molar-refractivity contribution in [2.75, 3.05) is 11.9 Å². The number of nitrogens with one attached hydrogen (secondary N) is 1. The maximum atomic E-state index is 12.8. The highest BCUT2D eigenvalue weighted by Gasteiger charge is 2.12. The Morgan fingerprint density at radius 1 is 1.13 bits per heavy atom. The van der Waals surface area contributed by atoms with Gasteiger partial charge >= 0.3 is 5.97 Å². The number of benzene rings is 2. The second-order valence-corrected chi connectivity index (χ2v) is 4.64. The van der Waals surface area contributed by atoms with Crippen molar-refractivity contribution < 1.29 is 18.7 Å². The van der Waals surface area contributed by atoms with Crippen LogP contribution in [0.25, 0.3) is 6.08 Å². The molecule has 0 saturated carbocycles. The molecule has 2 aromatic rings. The van der Waals surface area contributed by atoms with E-state index in [2.05, 4.69) is 5.32 Å². The van der Waals surface area contributed by atoms with E-state index in [0.29, 0.717) is 11.3 Å². The number of hydrogen-bond donors (Lipinski definition) is 1. The molecule has 5 heteroatoms. The first-order chi connectivity index (χ1) is 11.1. The van der Waals surface area contributed by atoms with E-state index < -0.39 is 11.9 Å². The number of hydrogen-bond acceptors (Lipinski definition) is 3. The summed E-state index contributed by atoms with van der Waals surface area (Å²) in [6.45, 7) is 1.97. The minimum absolute atomic E-state index is 0.256. The molecule has 0 saturated heterocycles.